The molecule has 0 aromatic heterocycles. The first-order valence-corrected chi connectivity index (χ1v) is 6.33. The Hall–Kier alpha value is -2.62. The molecule has 0 aliphatic carbocycles. The summed E-state index contributed by atoms with van der Waals surface area (Å²) in [5.74, 6) is -0.578. The summed E-state index contributed by atoms with van der Waals surface area (Å²) in [6.45, 7) is 1.46. The summed E-state index contributed by atoms with van der Waals surface area (Å²) in [4.78, 5) is 25.6. The zero-order valence-electron chi connectivity index (χ0n) is 10.9. The average Bonchev–Trinajstić information content (AvgIpc) is 2.47. The van der Waals surface area contributed by atoms with Gasteiger partial charge in [0.2, 0.25) is 12.1 Å². The number of hydrogen-bond donors (Lipinski definition) is 0. The van der Waals surface area contributed by atoms with Crippen LogP contribution in [-0.2, 0) is 9.53 Å². The predicted molar refractivity (Wildman–Crippen MR) is 74.2 cm³/mol. The Morgan fingerprint density at radius 2 is 1.70 bits per heavy atom. The molecule has 0 unspecified atom stereocenters. The lowest BCUT2D eigenvalue weighted by Gasteiger charge is -2.35. The zero-order valence-corrected chi connectivity index (χ0v) is 10.9. The number of carbonyl (C=O) groups is 2. The van der Waals surface area contributed by atoms with Crippen LogP contribution in [0.1, 0.15) is 29.1 Å². The fourth-order valence-corrected chi connectivity index (χ4v) is 2.37. The van der Waals surface area contributed by atoms with Crippen molar-refractivity contribution < 1.29 is 14.3 Å². The van der Waals surface area contributed by atoms with Gasteiger partial charge in [0.1, 0.15) is 0 Å². The quantitative estimate of drug-likeness (QED) is 0.746. The molecule has 2 aromatic rings. The van der Waals surface area contributed by atoms with Gasteiger partial charge in [-0.15, -0.1) is 0 Å². The minimum atomic E-state index is -0.712. The SMILES string of the molecule is CC(=O)N1c2ccccc2C(=O)O[C@H]1c1ccccc1. The monoisotopic (exact) mass is 267 g/mol. The molecule has 0 saturated carbocycles. The molecule has 1 heterocycles. The number of esters is 1. The van der Waals surface area contributed by atoms with Crippen LogP contribution in [0.4, 0.5) is 5.69 Å². The number of nitrogens with zero attached hydrogens (tertiary/aromatic N) is 1. The third kappa shape index (κ3) is 1.95. The molecule has 1 aliphatic rings. The van der Waals surface area contributed by atoms with Crippen LogP contribution >= 0.6 is 0 Å². The van der Waals surface area contributed by atoms with Crippen LogP contribution in [-0.4, -0.2) is 11.9 Å². The van der Waals surface area contributed by atoms with Gasteiger partial charge in [0.15, 0.2) is 0 Å². The molecule has 2 aromatic carbocycles. The lowest BCUT2D eigenvalue weighted by Crippen LogP contribution is -2.40. The Morgan fingerprint density at radius 1 is 1.05 bits per heavy atom. The smallest absolute Gasteiger partial charge is 0.342 e. The van der Waals surface area contributed by atoms with E-state index >= 15 is 0 Å². The Kier molecular flexibility index (Phi) is 2.99. The summed E-state index contributed by atoms with van der Waals surface area (Å²) < 4.78 is 5.44. The number of carbonyl (C=O) groups excluding carboxylic acids is 2. The molecule has 4 heteroatoms. The highest BCUT2D eigenvalue weighted by Gasteiger charge is 2.35. The number of fused-ring (bicyclic) bond motifs is 1. The van der Waals surface area contributed by atoms with E-state index < -0.39 is 12.2 Å². The van der Waals surface area contributed by atoms with E-state index in [2.05, 4.69) is 0 Å². The lowest BCUT2D eigenvalue weighted by molar-refractivity contribution is -0.118. The molecule has 1 amide bonds. The van der Waals surface area contributed by atoms with Crippen molar-refractivity contribution in [2.45, 2.75) is 13.2 Å². The van der Waals surface area contributed by atoms with Crippen molar-refractivity contribution in [1.82, 2.24) is 0 Å². The Balaban J connectivity index is 2.14. The normalized spacial score (nSPS) is 17.4. The maximum atomic E-state index is 12.1. The van der Waals surface area contributed by atoms with E-state index in [9.17, 15) is 9.59 Å². The first kappa shape index (κ1) is 12.4. The van der Waals surface area contributed by atoms with E-state index in [1.54, 1.807) is 24.3 Å². The van der Waals surface area contributed by atoms with Crippen LogP contribution in [0.2, 0.25) is 0 Å². The molecule has 0 radical (unpaired) electrons. The summed E-state index contributed by atoms with van der Waals surface area (Å²) in [5, 5.41) is 0. The maximum Gasteiger partial charge on any atom is 0.342 e. The van der Waals surface area contributed by atoms with Crippen molar-refractivity contribution in [3.05, 3.63) is 65.7 Å². The summed E-state index contributed by atoms with van der Waals surface area (Å²) in [6, 6.07) is 16.2. The van der Waals surface area contributed by atoms with Gasteiger partial charge in [0.05, 0.1) is 11.3 Å². The van der Waals surface area contributed by atoms with Crippen molar-refractivity contribution in [2.24, 2.45) is 0 Å². The summed E-state index contributed by atoms with van der Waals surface area (Å²) in [7, 11) is 0. The van der Waals surface area contributed by atoms with Gasteiger partial charge in [0, 0.05) is 12.5 Å². The van der Waals surface area contributed by atoms with Crippen molar-refractivity contribution in [3.63, 3.8) is 0 Å². The second-order valence-corrected chi connectivity index (χ2v) is 4.57. The highest BCUT2D eigenvalue weighted by atomic mass is 16.6. The Bertz CT molecular complexity index is 666. The molecule has 0 N–H and O–H groups in total. The fourth-order valence-electron chi connectivity index (χ4n) is 2.37. The third-order valence-corrected chi connectivity index (χ3v) is 3.26. The molecule has 4 nitrogen and oxygen atoms in total. The summed E-state index contributed by atoms with van der Waals surface area (Å²) >= 11 is 0. The number of anilines is 1. The molecule has 0 bridgehead atoms. The molecular weight excluding hydrogens is 254 g/mol. The standard InChI is InChI=1S/C16H13NO3/c1-11(18)17-14-10-6-5-9-13(14)16(19)20-15(17)12-7-3-2-4-8-12/h2-10,15H,1H3/t15-/m0/s1. The minimum absolute atomic E-state index is 0.168. The highest BCUT2D eigenvalue weighted by Crippen LogP contribution is 2.36. The van der Waals surface area contributed by atoms with Gasteiger partial charge in [-0.3, -0.25) is 9.69 Å². The van der Waals surface area contributed by atoms with Gasteiger partial charge in [-0.05, 0) is 12.1 Å². The second kappa shape index (κ2) is 4.81. The first-order chi connectivity index (χ1) is 9.68. The molecular formula is C16H13NO3. The Morgan fingerprint density at radius 3 is 2.40 bits per heavy atom. The van der Waals surface area contributed by atoms with E-state index in [0.29, 0.717) is 11.3 Å². The van der Waals surface area contributed by atoms with E-state index in [0.717, 1.165) is 5.56 Å². The molecule has 1 aliphatic heterocycles. The largest absolute Gasteiger partial charge is 0.433 e. The minimum Gasteiger partial charge on any atom is -0.433 e. The number of cyclic esters (lactones) is 1. The van der Waals surface area contributed by atoms with E-state index in [-0.39, 0.29) is 5.91 Å². The number of ether oxygens (including phenoxy) is 1. The number of benzene rings is 2. The molecule has 0 spiro atoms. The predicted octanol–water partition coefficient (Wildman–Crippen LogP) is 2.91. The highest BCUT2D eigenvalue weighted by molar-refractivity contribution is 6.04. The Labute approximate surface area is 116 Å². The van der Waals surface area contributed by atoms with Gasteiger partial charge in [0.25, 0.3) is 0 Å². The van der Waals surface area contributed by atoms with Crippen LogP contribution < -0.4 is 4.90 Å². The van der Waals surface area contributed by atoms with E-state index in [4.69, 9.17) is 4.74 Å². The van der Waals surface area contributed by atoms with Gasteiger partial charge >= 0.3 is 5.97 Å². The maximum absolute atomic E-state index is 12.1. The molecule has 20 heavy (non-hydrogen) atoms. The molecule has 3 rings (SSSR count). The third-order valence-electron chi connectivity index (χ3n) is 3.26. The van der Waals surface area contributed by atoms with Crippen molar-refractivity contribution in [3.8, 4) is 0 Å². The molecule has 0 fully saturated rings. The number of rotatable bonds is 1. The van der Waals surface area contributed by atoms with Gasteiger partial charge < -0.3 is 4.74 Å². The topological polar surface area (TPSA) is 46.6 Å². The lowest BCUT2D eigenvalue weighted by atomic mass is 10.1. The number of hydrogen-bond acceptors (Lipinski definition) is 3. The molecule has 1 atom stereocenters. The van der Waals surface area contributed by atoms with Crippen LogP contribution in [0, 0.1) is 0 Å². The van der Waals surface area contributed by atoms with Crippen molar-refractivity contribution >= 4 is 17.6 Å². The van der Waals surface area contributed by atoms with Crippen LogP contribution in [0.3, 0.4) is 0 Å². The van der Waals surface area contributed by atoms with E-state index in [1.165, 1.54) is 11.8 Å². The van der Waals surface area contributed by atoms with Gasteiger partial charge in [-0.25, -0.2) is 4.79 Å². The fraction of sp³-hybridized carbons (Fsp3) is 0.125. The molecule has 0 saturated heterocycles. The van der Waals surface area contributed by atoms with Gasteiger partial charge in [-0.2, -0.15) is 0 Å². The second-order valence-electron chi connectivity index (χ2n) is 4.57. The summed E-state index contributed by atoms with van der Waals surface area (Å²) in [6.07, 6.45) is -0.712. The summed E-state index contributed by atoms with van der Waals surface area (Å²) in [5.41, 5.74) is 1.77. The number of para-hydroxylation sites is 1. The average molecular weight is 267 g/mol. The van der Waals surface area contributed by atoms with Crippen LogP contribution in [0.15, 0.2) is 54.6 Å². The van der Waals surface area contributed by atoms with Crippen LogP contribution in [0.25, 0.3) is 0 Å². The van der Waals surface area contributed by atoms with Gasteiger partial charge in [-0.1, -0.05) is 42.5 Å². The number of amides is 1. The van der Waals surface area contributed by atoms with Crippen molar-refractivity contribution in [2.75, 3.05) is 4.90 Å². The zero-order chi connectivity index (χ0) is 14.1. The first-order valence-electron chi connectivity index (χ1n) is 6.33. The molecule has 100 valence electrons. The van der Waals surface area contributed by atoms with Crippen LogP contribution in [0.5, 0.6) is 0 Å². The van der Waals surface area contributed by atoms with E-state index in [1.807, 2.05) is 30.3 Å². The van der Waals surface area contributed by atoms with Crippen molar-refractivity contribution in [1.29, 1.82) is 0 Å².